The van der Waals surface area contributed by atoms with Gasteiger partial charge < -0.3 is 14.2 Å². The number of hydrogen-bond donors (Lipinski definition) is 0. The quantitative estimate of drug-likeness (QED) is 0.245. The number of ether oxygens (including phenoxy) is 3. The van der Waals surface area contributed by atoms with Crippen LogP contribution in [0, 0.1) is 11.3 Å². The Kier molecular flexibility index (Phi) is 9.34. The monoisotopic (exact) mass is 542 g/mol. The summed E-state index contributed by atoms with van der Waals surface area (Å²) in [6.45, 7) is 4.81. The molecule has 0 aliphatic carbocycles. The highest BCUT2D eigenvalue weighted by Gasteiger charge is 2.35. The molecule has 2 aromatic rings. The molecule has 8 nitrogen and oxygen atoms in total. The molecule has 3 rings (SSSR count). The molecule has 0 unspecified atom stereocenters. The van der Waals surface area contributed by atoms with E-state index < -0.39 is 17.8 Å². The van der Waals surface area contributed by atoms with Gasteiger partial charge in [-0.3, -0.25) is 19.3 Å². The van der Waals surface area contributed by atoms with Crippen molar-refractivity contribution in [3.8, 4) is 17.6 Å². The van der Waals surface area contributed by atoms with Crippen molar-refractivity contribution in [3.05, 3.63) is 74.3 Å². The second-order valence-corrected chi connectivity index (χ2v) is 8.78. The van der Waals surface area contributed by atoms with Crippen molar-refractivity contribution in [3.63, 3.8) is 0 Å². The fourth-order valence-electron chi connectivity index (χ4n) is 3.58. The molecule has 1 heterocycles. The molecule has 0 spiro atoms. The number of benzene rings is 2. The molecule has 37 heavy (non-hydrogen) atoms. The topological polar surface area (TPSA) is 106 Å². The van der Waals surface area contributed by atoms with Crippen molar-refractivity contribution in [1.82, 2.24) is 4.90 Å². The molecule has 0 saturated heterocycles. The Morgan fingerprint density at radius 2 is 1.84 bits per heavy atom. The Morgan fingerprint density at radius 1 is 1.08 bits per heavy atom. The average molecular weight is 543 g/mol. The van der Waals surface area contributed by atoms with Crippen molar-refractivity contribution in [2.75, 3.05) is 19.8 Å². The first kappa shape index (κ1) is 27.8. The van der Waals surface area contributed by atoms with Gasteiger partial charge in [0, 0.05) is 28.1 Å². The third-order valence-electron chi connectivity index (χ3n) is 5.42. The number of esters is 1. The Bertz CT molecular complexity index is 1340. The molecular formula is C27H24Cl2N2O6. The van der Waals surface area contributed by atoms with Crippen LogP contribution in [0.25, 0.3) is 6.08 Å². The predicted molar refractivity (Wildman–Crippen MR) is 138 cm³/mol. The maximum Gasteiger partial charge on any atom is 0.302 e. The van der Waals surface area contributed by atoms with Crippen LogP contribution in [-0.4, -0.2) is 42.4 Å². The van der Waals surface area contributed by atoms with Gasteiger partial charge in [0.2, 0.25) is 0 Å². The summed E-state index contributed by atoms with van der Waals surface area (Å²) in [4.78, 5) is 37.8. The Morgan fingerprint density at radius 3 is 2.49 bits per heavy atom. The van der Waals surface area contributed by atoms with Crippen LogP contribution in [0.4, 0.5) is 0 Å². The first-order chi connectivity index (χ1) is 17.7. The van der Waals surface area contributed by atoms with Crippen molar-refractivity contribution < 1.29 is 28.6 Å². The average Bonchev–Trinajstić information content (AvgIpc) is 2.84. The van der Waals surface area contributed by atoms with E-state index >= 15 is 0 Å². The highest BCUT2D eigenvalue weighted by atomic mass is 35.5. The van der Waals surface area contributed by atoms with Crippen LogP contribution in [0.2, 0.25) is 10.0 Å². The van der Waals surface area contributed by atoms with Crippen molar-refractivity contribution in [2.24, 2.45) is 0 Å². The summed E-state index contributed by atoms with van der Waals surface area (Å²) in [6.07, 6.45) is 1.57. The first-order valence-electron chi connectivity index (χ1n) is 11.3. The van der Waals surface area contributed by atoms with Gasteiger partial charge in [0.15, 0.2) is 11.5 Å². The number of amides is 2. The Labute approximate surface area is 224 Å². The van der Waals surface area contributed by atoms with E-state index in [1.54, 1.807) is 49.4 Å². The molecule has 0 atom stereocenters. The molecule has 1 aliphatic heterocycles. The van der Waals surface area contributed by atoms with Gasteiger partial charge in [-0.05, 0) is 55.3 Å². The predicted octanol–water partition coefficient (Wildman–Crippen LogP) is 5.13. The van der Waals surface area contributed by atoms with Crippen LogP contribution in [-0.2, 0) is 25.7 Å². The summed E-state index contributed by atoms with van der Waals surface area (Å²) in [7, 11) is 0. The zero-order valence-corrected chi connectivity index (χ0v) is 22.0. The second-order valence-electron chi connectivity index (χ2n) is 7.94. The third-order valence-corrected chi connectivity index (χ3v) is 6.01. The Balaban J connectivity index is 1.91. The van der Waals surface area contributed by atoms with Crippen LogP contribution in [0.15, 0.2) is 53.1 Å². The van der Waals surface area contributed by atoms with E-state index in [1.165, 1.54) is 6.92 Å². The first-order valence-corrected chi connectivity index (χ1v) is 12.1. The molecule has 2 aromatic carbocycles. The zero-order chi connectivity index (χ0) is 27.1. The maximum absolute atomic E-state index is 13.2. The zero-order valence-electron chi connectivity index (χ0n) is 20.5. The van der Waals surface area contributed by atoms with Gasteiger partial charge >= 0.3 is 5.97 Å². The van der Waals surface area contributed by atoms with Crippen LogP contribution < -0.4 is 9.47 Å². The summed E-state index contributed by atoms with van der Waals surface area (Å²) >= 11 is 12.2. The lowest BCUT2D eigenvalue weighted by atomic mass is 9.93. The number of nitrogens with zero attached hydrogens (tertiary/aromatic N) is 2. The molecule has 10 heteroatoms. The minimum Gasteiger partial charge on any atom is -0.490 e. The summed E-state index contributed by atoms with van der Waals surface area (Å²) in [5, 5.41) is 10.5. The molecular weight excluding hydrogens is 519 g/mol. The fourth-order valence-corrected chi connectivity index (χ4v) is 4.04. The number of carbonyl (C=O) groups excluding carboxylic acids is 3. The molecule has 192 valence electrons. The molecule has 1 aliphatic rings. The van der Waals surface area contributed by atoms with Crippen LogP contribution >= 0.6 is 23.2 Å². The van der Waals surface area contributed by atoms with Gasteiger partial charge in [-0.25, -0.2) is 0 Å². The highest BCUT2D eigenvalue weighted by molar-refractivity contribution is 6.35. The molecule has 0 fully saturated rings. The molecule has 0 saturated carbocycles. The Hall–Kier alpha value is -3.80. The molecule has 0 radical (unpaired) electrons. The number of carbonyl (C=O) groups is 3. The lowest BCUT2D eigenvalue weighted by Gasteiger charge is -2.27. The summed E-state index contributed by atoms with van der Waals surface area (Å²) in [6, 6.07) is 12.1. The number of nitriles is 1. The van der Waals surface area contributed by atoms with Gasteiger partial charge in [-0.1, -0.05) is 35.3 Å². The van der Waals surface area contributed by atoms with Gasteiger partial charge in [-0.2, -0.15) is 5.26 Å². The van der Waals surface area contributed by atoms with Crippen LogP contribution in [0.3, 0.4) is 0 Å². The van der Waals surface area contributed by atoms with Gasteiger partial charge in [0.1, 0.15) is 24.9 Å². The molecule has 0 aromatic heterocycles. The maximum atomic E-state index is 13.2. The van der Waals surface area contributed by atoms with Gasteiger partial charge in [0.25, 0.3) is 11.8 Å². The molecule has 0 bridgehead atoms. The van der Waals surface area contributed by atoms with Crippen molar-refractivity contribution in [2.45, 2.75) is 27.4 Å². The van der Waals surface area contributed by atoms with E-state index in [9.17, 15) is 19.6 Å². The minimum absolute atomic E-state index is 0.154. The SMILES string of the molecule is CCOc1cc(/C=C2/C(=O)N(CCOC(C)=O)C(=O)C(C#N)=C2C)ccc1OCc1ccc(Cl)cc1Cl. The standard InChI is InChI=1S/C27H24Cl2N2O6/c1-4-35-25-12-18(5-8-24(25)37-15-19-6-7-20(28)13-23(19)29)11-21-16(2)22(14-30)27(34)31(26(21)33)9-10-36-17(3)32/h5-8,11-13H,4,9-10,15H2,1-3H3/b21-11+. The number of imide groups is 1. The van der Waals surface area contributed by atoms with Crippen LogP contribution in [0.1, 0.15) is 31.9 Å². The smallest absolute Gasteiger partial charge is 0.302 e. The molecule has 0 N–H and O–H groups in total. The number of halogens is 2. The fraction of sp³-hybridized carbons (Fsp3) is 0.259. The normalized spacial score (nSPS) is 14.6. The highest BCUT2D eigenvalue weighted by Crippen LogP contribution is 2.33. The van der Waals surface area contributed by atoms with E-state index in [0.717, 1.165) is 10.5 Å². The number of rotatable bonds is 9. The number of hydrogen-bond acceptors (Lipinski definition) is 7. The van der Waals surface area contributed by atoms with Crippen LogP contribution in [0.5, 0.6) is 11.5 Å². The minimum atomic E-state index is -0.728. The lowest BCUT2D eigenvalue weighted by Crippen LogP contribution is -2.44. The second kappa shape index (κ2) is 12.4. The van der Waals surface area contributed by atoms with Crippen molar-refractivity contribution in [1.29, 1.82) is 5.26 Å². The summed E-state index contributed by atoms with van der Waals surface area (Å²) < 4.78 is 16.5. The summed E-state index contributed by atoms with van der Waals surface area (Å²) in [5.74, 6) is -0.953. The van der Waals surface area contributed by atoms with E-state index in [2.05, 4.69) is 0 Å². The van der Waals surface area contributed by atoms with E-state index in [0.29, 0.717) is 33.7 Å². The largest absolute Gasteiger partial charge is 0.490 e. The molecule has 2 amide bonds. The van der Waals surface area contributed by atoms with Gasteiger partial charge in [0.05, 0.1) is 13.2 Å². The lowest BCUT2D eigenvalue weighted by molar-refractivity contribution is -0.147. The van der Waals surface area contributed by atoms with E-state index in [1.807, 2.05) is 13.0 Å². The van der Waals surface area contributed by atoms with Crippen molar-refractivity contribution >= 4 is 47.1 Å². The van der Waals surface area contributed by atoms with E-state index in [-0.39, 0.29) is 36.5 Å². The summed E-state index contributed by atoms with van der Waals surface area (Å²) in [5.41, 5.74) is 1.61. The third kappa shape index (κ3) is 6.70. The van der Waals surface area contributed by atoms with Gasteiger partial charge in [-0.15, -0.1) is 0 Å². The van der Waals surface area contributed by atoms with E-state index in [4.69, 9.17) is 37.4 Å².